The lowest BCUT2D eigenvalue weighted by Gasteiger charge is -2.46. The molecule has 2 aliphatic heterocycles. The van der Waals surface area contributed by atoms with Gasteiger partial charge in [-0.25, -0.2) is 4.31 Å². The predicted molar refractivity (Wildman–Crippen MR) is 150 cm³/mol. The predicted octanol–water partition coefficient (Wildman–Crippen LogP) is 5.69. The lowest BCUT2D eigenvalue weighted by atomic mass is 9.78. The molecule has 1 amide bonds. The van der Waals surface area contributed by atoms with Gasteiger partial charge in [-0.1, -0.05) is 25.0 Å². The number of alkyl halides is 3. The van der Waals surface area contributed by atoms with Crippen molar-refractivity contribution in [3.8, 4) is 0 Å². The highest BCUT2D eigenvalue weighted by molar-refractivity contribution is 8.24. The van der Waals surface area contributed by atoms with E-state index in [9.17, 15) is 27.1 Å². The second kappa shape index (κ2) is 12.1. The molecule has 1 aromatic carbocycles. The summed E-state index contributed by atoms with van der Waals surface area (Å²) in [6.45, 7) is 5.52. The molecule has 1 aliphatic carbocycles. The summed E-state index contributed by atoms with van der Waals surface area (Å²) in [5.41, 5.74) is 3.53. The van der Waals surface area contributed by atoms with E-state index in [4.69, 9.17) is 0 Å². The van der Waals surface area contributed by atoms with Crippen LogP contribution >= 0.6 is 10.8 Å². The van der Waals surface area contributed by atoms with E-state index in [2.05, 4.69) is 28.1 Å². The maximum absolute atomic E-state index is 13.0. The number of carbonyl (C=O) groups is 1. The molecule has 1 atom stereocenters. The first kappa shape index (κ1) is 30.3. The fourth-order valence-electron chi connectivity index (χ4n) is 6.48. The van der Waals surface area contributed by atoms with Crippen LogP contribution in [0.1, 0.15) is 73.6 Å². The highest BCUT2D eigenvalue weighted by atomic mass is 32.3. The van der Waals surface area contributed by atoms with Gasteiger partial charge in [0.05, 0.1) is 6.17 Å². The Kier molecular flexibility index (Phi) is 9.40. The van der Waals surface area contributed by atoms with Crippen molar-refractivity contribution in [1.82, 2.24) is 20.3 Å². The first-order valence-electron chi connectivity index (χ1n) is 13.9. The van der Waals surface area contributed by atoms with Gasteiger partial charge in [-0.2, -0.15) is 13.2 Å². The number of nitrogens with one attached hydrogen (secondary N) is 3. The zero-order valence-electron chi connectivity index (χ0n) is 23.1. The van der Waals surface area contributed by atoms with Crippen molar-refractivity contribution in [3.63, 3.8) is 0 Å². The van der Waals surface area contributed by atoms with Crippen LogP contribution in [0.3, 0.4) is 0 Å². The van der Waals surface area contributed by atoms with Crippen LogP contribution in [0.15, 0.2) is 17.5 Å². The second-order valence-electron chi connectivity index (χ2n) is 11.6. The van der Waals surface area contributed by atoms with Crippen molar-refractivity contribution in [2.45, 2.75) is 89.6 Å². The molecule has 5 N–H and O–H groups in total. The van der Waals surface area contributed by atoms with Gasteiger partial charge >= 0.3 is 6.18 Å². The third-order valence-corrected chi connectivity index (χ3v) is 10.4. The molecule has 2 saturated heterocycles. The molecule has 1 saturated carbocycles. The SMILES string of the molecule is CNCc1cc(C)c(/C=C/S(O)(O)N2CCC3(CC2)NC(C2CCC(CCC(F)(F)F)CC2)NC3=O)c(C)c1. The van der Waals surface area contributed by atoms with Crippen molar-refractivity contribution in [3.05, 3.63) is 39.8 Å². The van der Waals surface area contributed by atoms with Crippen LogP contribution in [-0.2, 0) is 11.3 Å². The lowest BCUT2D eigenvalue weighted by Crippen LogP contribution is -2.55. The average molecular weight is 573 g/mol. The van der Waals surface area contributed by atoms with Crippen LogP contribution in [0.4, 0.5) is 13.2 Å². The number of piperidine rings is 1. The standard InChI is InChI=1S/C28H43F3N4O3S/c1-19-16-22(18-32-3)17-20(2)24(19)9-15-39(37,38)35-13-11-27(12-14-35)26(36)33-25(34-27)23-6-4-21(5-7-23)8-10-28(29,30)31/h9,15-17,21,23,25,32,34,37-38H,4-8,10-14,18H2,1-3H3,(H,33,36)/b15-9+. The summed E-state index contributed by atoms with van der Waals surface area (Å²) in [5.74, 6) is 0.225. The summed E-state index contributed by atoms with van der Waals surface area (Å²) in [6.07, 6.45) is 0.949. The molecule has 2 heterocycles. The Morgan fingerprint density at radius 2 is 1.74 bits per heavy atom. The maximum atomic E-state index is 13.0. The molecular formula is C28H43F3N4O3S. The number of hydrogen-bond donors (Lipinski definition) is 5. The molecule has 11 heteroatoms. The molecule has 220 valence electrons. The first-order valence-corrected chi connectivity index (χ1v) is 15.5. The van der Waals surface area contributed by atoms with Crippen LogP contribution in [0.2, 0.25) is 0 Å². The van der Waals surface area contributed by atoms with E-state index in [1.54, 1.807) is 10.4 Å². The minimum absolute atomic E-state index is 0.0636. The minimum Gasteiger partial charge on any atom is -0.339 e. The van der Waals surface area contributed by atoms with Gasteiger partial charge in [0.1, 0.15) is 5.54 Å². The largest absolute Gasteiger partial charge is 0.389 e. The van der Waals surface area contributed by atoms with E-state index in [0.29, 0.717) is 25.9 Å². The maximum Gasteiger partial charge on any atom is 0.389 e. The second-order valence-corrected chi connectivity index (χ2v) is 13.5. The topological polar surface area (TPSA) is 96.9 Å². The summed E-state index contributed by atoms with van der Waals surface area (Å²) in [4.78, 5) is 13.0. The summed E-state index contributed by atoms with van der Waals surface area (Å²) >= 11 is 0. The molecule has 3 aliphatic rings. The Balaban J connectivity index is 1.31. The Labute approximate surface area is 231 Å². The van der Waals surface area contributed by atoms with Gasteiger partial charge in [0.25, 0.3) is 0 Å². The number of aryl methyl sites for hydroxylation is 2. The molecule has 3 fully saturated rings. The quantitative estimate of drug-likeness (QED) is 0.275. The molecular weight excluding hydrogens is 529 g/mol. The number of carbonyl (C=O) groups excluding carboxylic acids is 1. The van der Waals surface area contributed by atoms with E-state index in [1.807, 2.05) is 20.9 Å². The molecule has 1 unspecified atom stereocenters. The summed E-state index contributed by atoms with van der Waals surface area (Å²) in [6, 6.07) is 4.19. The van der Waals surface area contributed by atoms with Gasteiger partial charge in [-0.05, 0) is 93.2 Å². The molecule has 1 aromatic rings. The van der Waals surface area contributed by atoms with Gasteiger partial charge in [0.2, 0.25) is 5.91 Å². The van der Waals surface area contributed by atoms with Crippen LogP contribution < -0.4 is 16.0 Å². The van der Waals surface area contributed by atoms with Gasteiger partial charge in [-0.3, -0.25) is 19.2 Å². The van der Waals surface area contributed by atoms with Gasteiger partial charge in [-0.15, -0.1) is 10.8 Å². The van der Waals surface area contributed by atoms with E-state index in [-0.39, 0.29) is 30.3 Å². The van der Waals surface area contributed by atoms with Crippen molar-refractivity contribution < 1.29 is 27.1 Å². The number of halogens is 3. The smallest absolute Gasteiger partial charge is 0.339 e. The van der Waals surface area contributed by atoms with Gasteiger partial charge in [0.15, 0.2) is 0 Å². The molecule has 4 rings (SSSR count). The van der Waals surface area contributed by atoms with Gasteiger partial charge in [0, 0.05) is 31.5 Å². The van der Waals surface area contributed by atoms with Crippen LogP contribution in [0.25, 0.3) is 6.08 Å². The van der Waals surface area contributed by atoms with Gasteiger partial charge < -0.3 is 10.6 Å². The lowest BCUT2D eigenvalue weighted by molar-refractivity contribution is -0.138. The van der Waals surface area contributed by atoms with E-state index < -0.39 is 28.9 Å². The fourth-order valence-corrected chi connectivity index (χ4v) is 7.69. The Morgan fingerprint density at radius 3 is 2.31 bits per heavy atom. The highest BCUT2D eigenvalue weighted by Gasteiger charge is 2.50. The number of nitrogens with zero attached hydrogens (tertiary/aromatic N) is 1. The zero-order valence-corrected chi connectivity index (χ0v) is 23.9. The first-order chi connectivity index (χ1) is 18.3. The third-order valence-electron chi connectivity index (χ3n) is 8.76. The van der Waals surface area contributed by atoms with Crippen LogP contribution in [-0.4, -0.2) is 57.3 Å². The molecule has 39 heavy (non-hydrogen) atoms. The van der Waals surface area contributed by atoms with Crippen molar-refractivity contribution >= 4 is 22.8 Å². The molecule has 1 spiro atoms. The summed E-state index contributed by atoms with van der Waals surface area (Å²) in [7, 11) is -1.25. The zero-order chi connectivity index (χ0) is 28.4. The average Bonchev–Trinajstić information content (AvgIpc) is 3.18. The van der Waals surface area contributed by atoms with Crippen LogP contribution in [0.5, 0.6) is 0 Å². The number of hydrogen-bond acceptors (Lipinski definition) is 6. The molecule has 0 radical (unpaired) electrons. The van der Waals surface area contributed by atoms with Crippen LogP contribution in [0, 0.1) is 25.7 Å². The monoisotopic (exact) mass is 572 g/mol. The third kappa shape index (κ3) is 7.37. The highest BCUT2D eigenvalue weighted by Crippen LogP contribution is 2.48. The Morgan fingerprint density at radius 1 is 1.13 bits per heavy atom. The Bertz CT molecular complexity index is 1030. The van der Waals surface area contributed by atoms with Crippen molar-refractivity contribution in [1.29, 1.82) is 0 Å². The number of rotatable bonds is 8. The fraction of sp³-hybridized carbons (Fsp3) is 0.679. The molecule has 7 nitrogen and oxygen atoms in total. The van der Waals surface area contributed by atoms with E-state index >= 15 is 0 Å². The Hall–Kier alpha value is -1.63. The van der Waals surface area contributed by atoms with Crippen molar-refractivity contribution in [2.24, 2.45) is 11.8 Å². The van der Waals surface area contributed by atoms with E-state index in [0.717, 1.165) is 48.9 Å². The number of benzene rings is 1. The molecule has 0 bridgehead atoms. The minimum atomic E-state index is -4.10. The number of amides is 1. The summed E-state index contributed by atoms with van der Waals surface area (Å²) < 4.78 is 61.3. The van der Waals surface area contributed by atoms with Crippen molar-refractivity contribution in [2.75, 3.05) is 20.1 Å². The summed E-state index contributed by atoms with van der Waals surface area (Å²) in [5, 5.41) is 11.2. The normalized spacial score (nSPS) is 26.9. The molecule has 0 aromatic heterocycles. The van der Waals surface area contributed by atoms with E-state index in [1.165, 1.54) is 11.0 Å².